The molecule has 0 saturated heterocycles. The van der Waals surface area contributed by atoms with Crippen molar-refractivity contribution in [3.63, 3.8) is 0 Å². The van der Waals surface area contributed by atoms with Gasteiger partial charge >= 0.3 is 0 Å². The van der Waals surface area contributed by atoms with E-state index in [1.807, 2.05) is 50.2 Å². The number of nitrogens with zero attached hydrogens (tertiary/aromatic N) is 4. The van der Waals surface area contributed by atoms with Crippen LogP contribution in [-0.2, 0) is 10.0 Å². The summed E-state index contributed by atoms with van der Waals surface area (Å²) in [6, 6.07) is 13.8. The fraction of sp³-hybridized carbons (Fsp3) is 0.278. The highest BCUT2D eigenvalue weighted by molar-refractivity contribution is 7.89. The molecule has 26 heavy (non-hydrogen) atoms. The maximum Gasteiger partial charge on any atom is 0.276 e. The molecule has 7 nitrogen and oxygen atoms in total. The van der Waals surface area contributed by atoms with Gasteiger partial charge in [0.25, 0.3) is 10.0 Å². The highest BCUT2D eigenvalue weighted by Crippen LogP contribution is 2.22. The smallest absolute Gasteiger partial charge is 0.276 e. The number of benzene rings is 2. The van der Waals surface area contributed by atoms with Crippen LogP contribution >= 0.6 is 0 Å². The van der Waals surface area contributed by atoms with E-state index in [2.05, 4.69) is 20.2 Å². The van der Waals surface area contributed by atoms with Crippen molar-refractivity contribution in [1.82, 2.24) is 4.83 Å². The van der Waals surface area contributed by atoms with Gasteiger partial charge in [-0.15, -0.1) is 0 Å². The number of unbranched alkanes of at least 4 members (excludes halogenated alkanes) is 1. The summed E-state index contributed by atoms with van der Waals surface area (Å²) in [5.74, 6) is 0. The van der Waals surface area contributed by atoms with E-state index < -0.39 is 10.0 Å². The second-order valence-electron chi connectivity index (χ2n) is 5.80. The van der Waals surface area contributed by atoms with Crippen LogP contribution in [0.1, 0.15) is 19.8 Å². The molecule has 0 fully saturated rings. The summed E-state index contributed by atoms with van der Waals surface area (Å²) in [5.41, 5.74) is 2.36. The second kappa shape index (κ2) is 9.10. The maximum absolute atomic E-state index is 12.1. The van der Waals surface area contributed by atoms with E-state index in [4.69, 9.17) is 0 Å². The average Bonchev–Trinajstić information content (AvgIpc) is 2.64. The third-order valence-electron chi connectivity index (χ3n) is 3.48. The fourth-order valence-electron chi connectivity index (χ4n) is 1.98. The number of sulfonamides is 1. The Bertz CT molecular complexity index is 857. The molecule has 138 valence electrons. The molecule has 0 aromatic heterocycles. The number of nitrogens with one attached hydrogen (secondary N) is 1. The molecule has 2 rings (SSSR count). The molecule has 8 heteroatoms. The van der Waals surface area contributed by atoms with E-state index in [0.29, 0.717) is 5.69 Å². The minimum absolute atomic E-state index is 0.125. The Kier molecular flexibility index (Phi) is 6.85. The standard InChI is InChI=1S/C18H23N5O2S/c1-4-5-14-19-22-26(24,25)18-12-8-16(9-13-18)21-20-15-6-10-17(11-7-15)23(2)3/h6-14,22H,4-5H2,1-3H3. The first-order chi connectivity index (χ1) is 12.4. The van der Waals surface area contributed by atoms with Crippen LogP contribution in [0.5, 0.6) is 0 Å². The topological polar surface area (TPSA) is 86.5 Å². The summed E-state index contributed by atoms with van der Waals surface area (Å²) in [6.45, 7) is 1.99. The van der Waals surface area contributed by atoms with E-state index in [1.165, 1.54) is 12.1 Å². The van der Waals surface area contributed by atoms with Crippen LogP contribution in [0, 0.1) is 0 Å². The zero-order valence-corrected chi connectivity index (χ0v) is 15.9. The lowest BCUT2D eigenvalue weighted by Gasteiger charge is -2.11. The molecule has 0 spiro atoms. The zero-order valence-electron chi connectivity index (χ0n) is 15.1. The van der Waals surface area contributed by atoms with E-state index in [1.54, 1.807) is 18.3 Å². The van der Waals surface area contributed by atoms with Gasteiger partial charge in [0, 0.05) is 26.0 Å². The van der Waals surface area contributed by atoms with Crippen LogP contribution in [0.15, 0.2) is 68.8 Å². The van der Waals surface area contributed by atoms with Gasteiger partial charge in [0.05, 0.1) is 16.3 Å². The Hall–Kier alpha value is -2.74. The van der Waals surface area contributed by atoms with Crippen molar-refractivity contribution < 1.29 is 8.42 Å². The highest BCUT2D eigenvalue weighted by Gasteiger charge is 2.12. The lowest BCUT2D eigenvalue weighted by molar-refractivity contribution is 0.584. The van der Waals surface area contributed by atoms with Crippen LogP contribution in [0.25, 0.3) is 0 Å². The third-order valence-corrected chi connectivity index (χ3v) is 4.71. The number of azo groups is 1. The van der Waals surface area contributed by atoms with Crippen molar-refractivity contribution in [2.75, 3.05) is 19.0 Å². The molecule has 0 heterocycles. The molecule has 0 bridgehead atoms. The Morgan fingerprint density at radius 3 is 2.00 bits per heavy atom. The van der Waals surface area contributed by atoms with Crippen molar-refractivity contribution in [3.8, 4) is 0 Å². The van der Waals surface area contributed by atoms with Gasteiger partial charge in [-0.2, -0.15) is 23.7 Å². The minimum Gasteiger partial charge on any atom is -0.378 e. The summed E-state index contributed by atoms with van der Waals surface area (Å²) in [6.07, 6.45) is 3.17. The SMILES string of the molecule is CCCC=NNS(=O)(=O)c1ccc(N=Nc2ccc(N(C)C)cc2)cc1. The largest absolute Gasteiger partial charge is 0.378 e. The number of hydrogen-bond acceptors (Lipinski definition) is 6. The normalized spacial score (nSPS) is 12.0. The number of rotatable bonds is 8. The molecule has 1 N–H and O–H groups in total. The van der Waals surface area contributed by atoms with E-state index in [0.717, 1.165) is 24.2 Å². The monoisotopic (exact) mass is 373 g/mol. The maximum atomic E-state index is 12.1. The van der Waals surface area contributed by atoms with Gasteiger partial charge in [-0.1, -0.05) is 13.3 Å². The second-order valence-corrected chi connectivity index (χ2v) is 7.46. The van der Waals surface area contributed by atoms with Crippen molar-refractivity contribution in [3.05, 3.63) is 48.5 Å². The predicted octanol–water partition coefficient (Wildman–Crippen LogP) is 4.23. The van der Waals surface area contributed by atoms with Crippen molar-refractivity contribution >= 4 is 33.3 Å². The number of anilines is 1. The number of hydrazone groups is 1. The molecule has 0 aliphatic carbocycles. The Labute approximate surface area is 154 Å². The van der Waals surface area contributed by atoms with Crippen molar-refractivity contribution in [2.45, 2.75) is 24.7 Å². The summed E-state index contributed by atoms with van der Waals surface area (Å²) in [5, 5.41) is 12.0. The third kappa shape index (κ3) is 5.66. The van der Waals surface area contributed by atoms with Gasteiger partial charge in [0.2, 0.25) is 0 Å². The average molecular weight is 373 g/mol. The van der Waals surface area contributed by atoms with Crippen LogP contribution < -0.4 is 9.73 Å². The Morgan fingerprint density at radius 2 is 1.50 bits per heavy atom. The minimum atomic E-state index is -3.66. The highest BCUT2D eigenvalue weighted by atomic mass is 32.2. The van der Waals surface area contributed by atoms with Crippen LogP contribution in [-0.4, -0.2) is 28.7 Å². The van der Waals surface area contributed by atoms with Crippen LogP contribution in [0.4, 0.5) is 17.1 Å². The van der Waals surface area contributed by atoms with Gasteiger partial charge in [0.15, 0.2) is 0 Å². The molecule has 2 aromatic rings. The molecular weight excluding hydrogens is 350 g/mol. The first kappa shape index (κ1) is 19.6. The molecule has 0 saturated carbocycles. The molecular formula is C18H23N5O2S. The van der Waals surface area contributed by atoms with Gasteiger partial charge in [-0.05, 0) is 55.0 Å². The van der Waals surface area contributed by atoms with E-state index in [9.17, 15) is 8.42 Å². The molecule has 0 aliphatic rings. The molecule has 0 amide bonds. The van der Waals surface area contributed by atoms with Crippen LogP contribution in [0.3, 0.4) is 0 Å². The van der Waals surface area contributed by atoms with Gasteiger partial charge < -0.3 is 4.90 Å². The van der Waals surface area contributed by atoms with Gasteiger partial charge in [-0.25, -0.2) is 4.83 Å². The predicted molar refractivity (Wildman–Crippen MR) is 105 cm³/mol. The lowest BCUT2D eigenvalue weighted by atomic mass is 10.3. The quantitative estimate of drug-likeness (QED) is 0.427. The van der Waals surface area contributed by atoms with Crippen molar-refractivity contribution in [2.24, 2.45) is 15.3 Å². The summed E-state index contributed by atoms with van der Waals surface area (Å²) in [4.78, 5) is 4.31. The molecule has 0 radical (unpaired) electrons. The molecule has 2 aromatic carbocycles. The summed E-state index contributed by atoms with van der Waals surface area (Å²) in [7, 11) is 0.274. The van der Waals surface area contributed by atoms with Gasteiger partial charge in [-0.3, -0.25) is 0 Å². The van der Waals surface area contributed by atoms with Crippen LogP contribution in [0.2, 0.25) is 0 Å². The first-order valence-corrected chi connectivity index (χ1v) is 9.73. The molecule has 0 unspecified atom stereocenters. The molecule has 0 atom stereocenters. The first-order valence-electron chi connectivity index (χ1n) is 8.25. The molecule has 0 aliphatic heterocycles. The van der Waals surface area contributed by atoms with Crippen molar-refractivity contribution in [1.29, 1.82) is 0 Å². The Morgan fingerprint density at radius 1 is 0.962 bits per heavy atom. The summed E-state index contributed by atoms with van der Waals surface area (Å²) >= 11 is 0. The van der Waals surface area contributed by atoms with E-state index in [-0.39, 0.29) is 4.90 Å². The number of hydrogen-bond donors (Lipinski definition) is 1. The van der Waals surface area contributed by atoms with E-state index >= 15 is 0 Å². The summed E-state index contributed by atoms with van der Waals surface area (Å²) < 4.78 is 24.2. The Balaban J connectivity index is 2.04. The lowest BCUT2D eigenvalue weighted by Crippen LogP contribution is -2.18. The zero-order chi connectivity index (χ0) is 19.0. The van der Waals surface area contributed by atoms with Gasteiger partial charge in [0.1, 0.15) is 0 Å². The fourth-order valence-corrected chi connectivity index (χ4v) is 2.79.